The number of hydrogen-bond acceptors (Lipinski definition) is 2. The van der Waals surface area contributed by atoms with Gasteiger partial charge in [-0.2, -0.15) is 0 Å². The molecule has 1 N–H and O–H groups in total. The van der Waals surface area contributed by atoms with Crippen LogP contribution in [0.15, 0.2) is 51.4 Å². The number of benzene rings is 2. The van der Waals surface area contributed by atoms with Crippen LogP contribution in [-0.2, 0) is 13.2 Å². The normalized spacial score (nSPS) is 10.6. The van der Waals surface area contributed by atoms with E-state index in [0.29, 0.717) is 6.61 Å². The SMILES string of the molecule is CCNCc1ccc(COc2ccc(Br)cc2)c(Br)c1. The zero-order valence-corrected chi connectivity index (χ0v) is 14.5. The molecule has 0 radical (unpaired) electrons. The first-order valence-corrected chi connectivity index (χ1v) is 8.14. The average Bonchev–Trinajstić information content (AvgIpc) is 2.46. The summed E-state index contributed by atoms with van der Waals surface area (Å²) in [4.78, 5) is 0. The first-order valence-electron chi connectivity index (χ1n) is 6.55. The van der Waals surface area contributed by atoms with Crippen molar-refractivity contribution in [2.75, 3.05) is 6.54 Å². The molecule has 0 atom stereocenters. The summed E-state index contributed by atoms with van der Waals surface area (Å²) in [5.74, 6) is 0.872. The first kappa shape index (κ1) is 15.5. The topological polar surface area (TPSA) is 21.3 Å². The minimum atomic E-state index is 0.559. The lowest BCUT2D eigenvalue weighted by Gasteiger charge is -2.10. The van der Waals surface area contributed by atoms with E-state index in [1.165, 1.54) is 5.56 Å². The summed E-state index contributed by atoms with van der Waals surface area (Å²) in [6, 6.07) is 14.2. The van der Waals surface area contributed by atoms with Gasteiger partial charge in [-0.25, -0.2) is 0 Å². The van der Waals surface area contributed by atoms with Crippen LogP contribution < -0.4 is 10.1 Å². The van der Waals surface area contributed by atoms with Gasteiger partial charge in [-0.1, -0.05) is 50.9 Å². The molecule has 0 fully saturated rings. The van der Waals surface area contributed by atoms with Crippen LogP contribution in [-0.4, -0.2) is 6.54 Å². The Kier molecular flexibility index (Phi) is 6.07. The molecule has 0 heterocycles. The van der Waals surface area contributed by atoms with Gasteiger partial charge >= 0.3 is 0 Å². The van der Waals surface area contributed by atoms with Crippen LogP contribution in [0.3, 0.4) is 0 Å². The fourth-order valence-corrected chi connectivity index (χ4v) is 2.58. The van der Waals surface area contributed by atoms with Crippen molar-refractivity contribution >= 4 is 31.9 Å². The quantitative estimate of drug-likeness (QED) is 0.747. The molecule has 0 aromatic heterocycles. The summed E-state index contributed by atoms with van der Waals surface area (Å²) < 4.78 is 7.92. The van der Waals surface area contributed by atoms with Crippen molar-refractivity contribution in [2.45, 2.75) is 20.1 Å². The van der Waals surface area contributed by atoms with Gasteiger partial charge in [0, 0.05) is 21.1 Å². The van der Waals surface area contributed by atoms with E-state index in [1.807, 2.05) is 24.3 Å². The highest BCUT2D eigenvalue weighted by Gasteiger charge is 2.03. The molecule has 20 heavy (non-hydrogen) atoms. The summed E-state index contributed by atoms with van der Waals surface area (Å²) in [5.41, 5.74) is 2.42. The van der Waals surface area contributed by atoms with E-state index in [2.05, 4.69) is 62.3 Å². The molecule has 2 aromatic carbocycles. The van der Waals surface area contributed by atoms with E-state index in [-0.39, 0.29) is 0 Å². The summed E-state index contributed by atoms with van der Waals surface area (Å²) in [7, 11) is 0. The van der Waals surface area contributed by atoms with Gasteiger partial charge in [0.15, 0.2) is 0 Å². The third-order valence-corrected chi connectivity index (χ3v) is 4.17. The number of hydrogen-bond donors (Lipinski definition) is 1. The van der Waals surface area contributed by atoms with Crippen LogP contribution in [0.25, 0.3) is 0 Å². The maximum absolute atomic E-state index is 5.78. The minimum absolute atomic E-state index is 0.559. The monoisotopic (exact) mass is 397 g/mol. The smallest absolute Gasteiger partial charge is 0.119 e. The molecule has 0 unspecified atom stereocenters. The van der Waals surface area contributed by atoms with Crippen LogP contribution in [0.2, 0.25) is 0 Å². The predicted molar refractivity (Wildman–Crippen MR) is 90.0 cm³/mol. The Balaban J connectivity index is 1.97. The number of nitrogens with one attached hydrogen (secondary N) is 1. The molecule has 0 saturated carbocycles. The van der Waals surface area contributed by atoms with Crippen molar-refractivity contribution in [3.05, 3.63) is 62.5 Å². The Morgan fingerprint density at radius 3 is 2.45 bits per heavy atom. The van der Waals surface area contributed by atoms with Gasteiger partial charge in [0.05, 0.1) is 0 Å². The molecule has 0 bridgehead atoms. The molecule has 2 nitrogen and oxygen atoms in total. The second-order valence-corrected chi connectivity index (χ2v) is 6.22. The molecule has 0 aliphatic carbocycles. The Hall–Kier alpha value is -0.840. The van der Waals surface area contributed by atoms with Crippen LogP contribution in [0.5, 0.6) is 5.75 Å². The summed E-state index contributed by atoms with van der Waals surface area (Å²) in [5, 5.41) is 3.32. The van der Waals surface area contributed by atoms with Crippen LogP contribution in [0, 0.1) is 0 Å². The standard InChI is InChI=1S/C16H17Br2NO/c1-2-19-10-12-3-4-13(16(18)9-12)11-20-15-7-5-14(17)6-8-15/h3-9,19H,2,10-11H2,1H3. The Labute approximate surface area is 136 Å². The van der Waals surface area contributed by atoms with Gasteiger partial charge in [-0.15, -0.1) is 0 Å². The molecular formula is C16H17Br2NO. The van der Waals surface area contributed by atoms with E-state index in [9.17, 15) is 0 Å². The molecule has 0 amide bonds. The fourth-order valence-electron chi connectivity index (χ4n) is 1.78. The van der Waals surface area contributed by atoms with Crippen molar-refractivity contribution in [3.63, 3.8) is 0 Å². The molecule has 2 rings (SSSR count). The van der Waals surface area contributed by atoms with E-state index in [4.69, 9.17) is 4.74 Å². The lowest BCUT2D eigenvalue weighted by atomic mass is 10.1. The van der Waals surface area contributed by atoms with E-state index in [0.717, 1.165) is 33.3 Å². The third-order valence-electron chi connectivity index (χ3n) is 2.90. The van der Waals surface area contributed by atoms with E-state index in [1.54, 1.807) is 0 Å². The Morgan fingerprint density at radius 2 is 1.80 bits per heavy atom. The van der Waals surface area contributed by atoms with E-state index < -0.39 is 0 Å². The number of ether oxygens (including phenoxy) is 1. The van der Waals surface area contributed by atoms with Crippen molar-refractivity contribution in [1.82, 2.24) is 5.32 Å². The lowest BCUT2D eigenvalue weighted by Crippen LogP contribution is -2.11. The highest BCUT2D eigenvalue weighted by atomic mass is 79.9. The summed E-state index contributed by atoms with van der Waals surface area (Å²) >= 11 is 7.02. The Morgan fingerprint density at radius 1 is 1.05 bits per heavy atom. The van der Waals surface area contributed by atoms with Crippen molar-refractivity contribution in [1.29, 1.82) is 0 Å². The van der Waals surface area contributed by atoms with Crippen molar-refractivity contribution in [2.24, 2.45) is 0 Å². The van der Waals surface area contributed by atoms with Crippen LogP contribution in [0.4, 0.5) is 0 Å². The summed E-state index contributed by atoms with van der Waals surface area (Å²) in [6.07, 6.45) is 0. The van der Waals surface area contributed by atoms with Gasteiger partial charge in [0.2, 0.25) is 0 Å². The molecule has 106 valence electrons. The van der Waals surface area contributed by atoms with Gasteiger partial charge in [0.25, 0.3) is 0 Å². The van der Waals surface area contributed by atoms with Gasteiger partial charge < -0.3 is 10.1 Å². The number of halogens is 2. The molecule has 0 saturated heterocycles. The zero-order chi connectivity index (χ0) is 14.4. The van der Waals surface area contributed by atoms with E-state index >= 15 is 0 Å². The molecule has 0 aliphatic rings. The second-order valence-electron chi connectivity index (χ2n) is 4.45. The largest absolute Gasteiger partial charge is 0.489 e. The molecule has 4 heteroatoms. The third kappa shape index (κ3) is 4.62. The molecular weight excluding hydrogens is 382 g/mol. The maximum atomic E-state index is 5.78. The van der Waals surface area contributed by atoms with Crippen LogP contribution in [0.1, 0.15) is 18.1 Å². The van der Waals surface area contributed by atoms with Crippen LogP contribution >= 0.6 is 31.9 Å². The highest BCUT2D eigenvalue weighted by molar-refractivity contribution is 9.10. The molecule has 2 aromatic rings. The highest BCUT2D eigenvalue weighted by Crippen LogP contribution is 2.22. The average molecular weight is 399 g/mol. The number of rotatable bonds is 6. The second kappa shape index (κ2) is 7.81. The lowest BCUT2D eigenvalue weighted by molar-refractivity contribution is 0.305. The zero-order valence-electron chi connectivity index (χ0n) is 11.3. The summed E-state index contributed by atoms with van der Waals surface area (Å²) in [6.45, 7) is 4.54. The van der Waals surface area contributed by atoms with Gasteiger partial charge in [-0.05, 0) is 42.4 Å². The first-order chi connectivity index (χ1) is 9.69. The predicted octanol–water partition coefficient (Wildman–Crippen LogP) is 4.90. The van der Waals surface area contributed by atoms with Gasteiger partial charge in [0.1, 0.15) is 12.4 Å². The fraction of sp³-hybridized carbons (Fsp3) is 0.250. The van der Waals surface area contributed by atoms with Gasteiger partial charge in [-0.3, -0.25) is 0 Å². The Bertz CT molecular complexity index is 555. The molecule has 0 aliphatic heterocycles. The maximum Gasteiger partial charge on any atom is 0.119 e. The minimum Gasteiger partial charge on any atom is -0.489 e. The molecule has 0 spiro atoms. The van der Waals surface area contributed by atoms with Crippen molar-refractivity contribution < 1.29 is 4.74 Å². The van der Waals surface area contributed by atoms with Crippen molar-refractivity contribution in [3.8, 4) is 5.75 Å².